The Labute approximate surface area is 154 Å². The number of nitrogens with zero attached hydrogens (tertiary/aromatic N) is 2. The van der Waals surface area contributed by atoms with Gasteiger partial charge in [0.05, 0.1) is 11.6 Å². The van der Waals surface area contributed by atoms with E-state index >= 15 is 0 Å². The summed E-state index contributed by atoms with van der Waals surface area (Å²) in [6.45, 7) is 9.11. The number of ether oxygens (including phenoxy) is 1. The fourth-order valence-electron chi connectivity index (χ4n) is 2.25. The van der Waals surface area contributed by atoms with Crippen LogP contribution in [0.3, 0.4) is 0 Å². The van der Waals surface area contributed by atoms with Crippen molar-refractivity contribution in [3.05, 3.63) is 45.9 Å². The van der Waals surface area contributed by atoms with Gasteiger partial charge in [-0.3, -0.25) is 4.99 Å². The molecule has 1 heterocycles. The first-order valence-corrected chi connectivity index (χ1v) is 9.68. The van der Waals surface area contributed by atoms with E-state index in [4.69, 9.17) is 4.74 Å². The zero-order valence-electron chi connectivity index (χ0n) is 15.3. The van der Waals surface area contributed by atoms with Crippen molar-refractivity contribution >= 4 is 17.3 Å². The Morgan fingerprint density at radius 2 is 2.00 bits per heavy atom. The second-order valence-corrected chi connectivity index (χ2v) is 6.78. The summed E-state index contributed by atoms with van der Waals surface area (Å²) in [5.41, 5.74) is 2.34. The molecule has 1 aromatic carbocycles. The van der Waals surface area contributed by atoms with Gasteiger partial charge in [-0.25, -0.2) is 4.98 Å². The summed E-state index contributed by atoms with van der Waals surface area (Å²) in [5, 5.41) is 9.86. The molecular formula is C19H28N4OS. The summed E-state index contributed by atoms with van der Waals surface area (Å²) in [7, 11) is 0. The van der Waals surface area contributed by atoms with E-state index in [9.17, 15) is 0 Å². The average Bonchev–Trinajstić information content (AvgIpc) is 3.02. The van der Waals surface area contributed by atoms with Gasteiger partial charge in [0.25, 0.3) is 0 Å². The van der Waals surface area contributed by atoms with Crippen LogP contribution in [0.2, 0.25) is 0 Å². The molecule has 0 spiro atoms. The number of hydrogen-bond donors (Lipinski definition) is 2. The lowest BCUT2D eigenvalue weighted by molar-refractivity contribution is 0.322. The number of benzene rings is 1. The third-order valence-corrected chi connectivity index (χ3v) is 4.54. The van der Waals surface area contributed by atoms with Crippen molar-refractivity contribution in [1.82, 2.24) is 15.6 Å². The zero-order valence-corrected chi connectivity index (χ0v) is 16.2. The normalized spacial score (nSPS) is 11.4. The maximum absolute atomic E-state index is 5.72. The van der Waals surface area contributed by atoms with Gasteiger partial charge in [0.2, 0.25) is 0 Å². The first-order chi connectivity index (χ1) is 12.2. The van der Waals surface area contributed by atoms with Crippen molar-refractivity contribution in [2.75, 3.05) is 26.2 Å². The van der Waals surface area contributed by atoms with E-state index in [1.54, 1.807) is 11.3 Å². The van der Waals surface area contributed by atoms with Gasteiger partial charge in [-0.1, -0.05) is 17.7 Å². The molecule has 0 unspecified atom stereocenters. The molecule has 6 heteroatoms. The highest BCUT2D eigenvalue weighted by Gasteiger charge is 2.00. The Bertz CT molecular complexity index is 652. The molecule has 5 nitrogen and oxygen atoms in total. The average molecular weight is 361 g/mol. The minimum absolute atomic E-state index is 0.603. The van der Waals surface area contributed by atoms with Crippen LogP contribution < -0.4 is 15.4 Å². The number of hydrogen-bond acceptors (Lipinski definition) is 4. The highest BCUT2D eigenvalue weighted by molar-refractivity contribution is 7.09. The molecule has 0 bridgehead atoms. The Morgan fingerprint density at radius 1 is 1.20 bits per heavy atom. The van der Waals surface area contributed by atoms with Crippen molar-refractivity contribution in [1.29, 1.82) is 0 Å². The zero-order chi connectivity index (χ0) is 17.9. The Morgan fingerprint density at radius 3 is 2.68 bits per heavy atom. The van der Waals surface area contributed by atoms with Crippen LogP contribution in [0.15, 0.2) is 34.6 Å². The van der Waals surface area contributed by atoms with Gasteiger partial charge in [0.1, 0.15) is 12.4 Å². The van der Waals surface area contributed by atoms with Crippen LogP contribution in [0.5, 0.6) is 5.75 Å². The molecule has 0 atom stereocenters. The lowest BCUT2D eigenvalue weighted by atomic mass is 10.2. The third kappa shape index (κ3) is 7.56. The fraction of sp³-hybridized carbons (Fsp3) is 0.474. The van der Waals surface area contributed by atoms with Gasteiger partial charge < -0.3 is 15.4 Å². The van der Waals surface area contributed by atoms with Crippen LogP contribution >= 0.6 is 11.3 Å². The maximum atomic E-state index is 5.72. The van der Waals surface area contributed by atoms with Gasteiger partial charge in [-0.2, -0.15) is 0 Å². The number of thiazole rings is 1. The van der Waals surface area contributed by atoms with Gasteiger partial charge in [0.15, 0.2) is 5.96 Å². The van der Waals surface area contributed by atoms with Crippen LogP contribution in [0.25, 0.3) is 0 Å². The largest absolute Gasteiger partial charge is 0.492 e. The van der Waals surface area contributed by atoms with E-state index in [0.29, 0.717) is 13.2 Å². The number of nitrogens with one attached hydrogen (secondary N) is 2. The van der Waals surface area contributed by atoms with Gasteiger partial charge in [0, 0.05) is 30.6 Å². The molecule has 2 rings (SSSR count). The van der Waals surface area contributed by atoms with Crippen LogP contribution in [-0.2, 0) is 6.42 Å². The summed E-state index contributed by atoms with van der Waals surface area (Å²) in [6.07, 6.45) is 1.99. The molecule has 0 saturated heterocycles. The lowest BCUT2D eigenvalue weighted by Crippen LogP contribution is -2.39. The number of rotatable bonds is 9. The van der Waals surface area contributed by atoms with Crippen LogP contribution in [0, 0.1) is 13.8 Å². The summed E-state index contributed by atoms with van der Waals surface area (Å²) in [5.74, 6) is 1.73. The predicted molar refractivity (Wildman–Crippen MR) is 106 cm³/mol. The second kappa shape index (κ2) is 10.7. The lowest BCUT2D eigenvalue weighted by Gasteiger charge is -2.12. The van der Waals surface area contributed by atoms with E-state index in [0.717, 1.165) is 43.3 Å². The molecule has 2 aromatic rings. The minimum atomic E-state index is 0.603. The number of guanidine groups is 1. The SMILES string of the molecule is CCNC(=NCCCc1nc(C)cs1)NCCOc1ccc(C)cc1. The summed E-state index contributed by atoms with van der Waals surface area (Å²) in [4.78, 5) is 9.09. The predicted octanol–water partition coefficient (Wildman–Crippen LogP) is 3.33. The number of aryl methyl sites for hydroxylation is 3. The van der Waals surface area contributed by atoms with E-state index in [-0.39, 0.29) is 0 Å². The molecule has 0 amide bonds. The van der Waals surface area contributed by atoms with Gasteiger partial charge in [-0.05, 0) is 39.3 Å². The number of aromatic nitrogens is 1. The highest BCUT2D eigenvalue weighted by Crippen LogP contribution is 2.11. The number of aliphatic imine (C=N–C) groups is 1. The third-order valence-electron chi connectivity index (χ3n) is 3.51. The van der Waals surface area contributed by atoms with E-state index in [2.05, 4.69) is 52.0 Å². The fourth-order valence-corrected chi connectivity index (χ4v) is 3.07. The van der Waals surface area contributed by atoms with Crippen LogP contribution in [0.1, 0.15) is 29.6 Å². The van der Waals surface area contributed by atoms with Crippen molar-refractivity contribution in [3.8, 4) is 5.75 Å². The summed E-state index contributed by atoms with van der Waals surface area (Å²) < 4.78 is 5.72. The van der Waals surface area contributed by atoms with Crippen LogP contribution in [-0.4, -0.2) is 37.2 Å². The van der Waals surface area contributed by atoms with Gasteiger partial charge >= 0.3 is 0 Å². The summed E-state index contributed by atoms with van der Waals surface area (Å²) >= 11 is 1.73. The van der Waals surface area contributed by atoms with Crippen molar-refractivity contribution in [2.24, 2.45) is 4.99 Å². The molecule has 0 radical (unpaired) electrons. The maximum Gasteiger partial charge on any atom is 0.191 e. The highest BCUT2D eigenvalue weighted by atomic mass is 32.1. The minimum Gasteiger partial charge on any atom is -0.492 e. The van der Waals surface area contributed by atoms with Crippen LogP contribution in [0.4, 0.5) is 0 Å². The van der Waals surface area contributed by atoms with E-state index in [1.165, 1.54) is 10.6 Å². The van der Waals surface area contributed by atoms with Crippen molar-refractivity contribution < 1.29 is 4.74 Å². The van der Waals surface area contributed by atoms with Gasteiger partial charge in [-0.15, -0.1) is 11.3 Å². The first-order valence-electron chi connectivity index (χ1n) is 8.80. The molecular weight excluding hydrogens is 332 g/mol. The molecule has 1 aromatic heterocycles. The Hall–Kier alpha value is -2.08. The Balaban J connectivity index is 1.67. The standard InChI is InChI=1S/C19H28N4OS/c1-4-20-19(21-11-5-6-18-23-16(3)14-25-18)22-12-13-24-17-9-7-15(2)8-10-17/h7-10,14H,4-6,11-13H2,1-3H3,(H2,20,21,22). The van der Waals surface area contributed by atoms with E-state index < -0.39 is 0 Å². The monoisotopic (exact) mass is 360 g/mol. The topological polar surface area (TPSA) is 58.5 Å². The molecule has 25 heavy (non-hydrogen) atoms. The second-order valence-electron chi connectivity index (χ2n) is 5.84. The smallest absolute Gasteiger partial charge is 0.191 e. The Kier molecular flexibility index (Phi) is 8.25. The summed E-state index contributed by atoms with van der Waals surface area (Å²) in [6, 6.07) is 8.10. The molecule has 0 aliphatic heterocycles. The quantitative estimate of drug-likeness (QED) is 0.409. The molecule has 0 fully saturated rings. The molecule has 0 saturated carbocycles. The molecule has 136 valence electrons. The molecule has 0 aliphatic carbocycles. The van der Waals surface area contributed by atoms with E-state index in [1.807, 2.05) is 19.1 Å². The van der Waals surface area contributed by atoms with Crippen molar-refractivity contribution in [2.45, 2.75) is 33.6 Å². The van der Waals surface area contributed by atoms with Crippen molar-refractivity contribution in [3.63, 3.8) is 0 Å². The molecule has 0 aliphatic rings. The molecule has 2 N–H and O–H groups in total. The first kappa shape index (κ1) is 19.2.